The Morgan fingerprint density at radius 2 is 0.846 bits per heavy atom. The second kappa shape index (κ2) is 9.35. The van der Waals surface area contributed by atoms with Gasteiger partial charge in [-0.25, -0.2) is 0 Å². The van der Waals surface area contributed by atoms with Gasteiger partial charge in [0.05, 0.1) is 8.07 Å². The fourth-order valence-electron chi connectivity index (χ4n) is 8.01. The summed E-state index contributed by atoms with van der Waals surface area (Å²) in [6, 6.07) is 28.0. The summed E-state index contributed by atoms with van der Waals surface area (Å²) in [6.07, 6.45) is 5.01. The maximum absolute atomic E-state index is 2.63. The van der Waals surface area contributed by atoms with Crippen LogP contribution >= 0.6 is 0 Å². The third kappa shape index (κ3) is 4.28. The van der Waals surface area contributed by atoms with Gasteiger partial charge >= 0.3 is 0 Å². The zero-order valence-corrected chi connectivity index (χ0v) is 25.7. The molecule has 0 heterocycles. The van der Waals surface area contributed by atoms with Crippen molar-refractivity contribution in [3.63, 3.8) is 0 Å². The van der Waals surface area contributed by atoms with Crippen LogP contribution in [0, 0.1) is 27.7 Å². The van der Waals surface area contributed by atoms with Gasteiger partial charge in [-0.2, -0.15) is 0 Å². The minimum atomic E-state index is -1.89. The normalized spacial score (nSPS) is 18.1. The molecule has 0 fully saturated rings. The smallest absolute Gasteiger partial charge is 0.0679 e. The first-order valence-corrected chi connectivity index (χ1v) is 17.5. The van der Waals surface area contributed by atoms with Gasteiger partial charge in [-0.1, -0.05) is 131 Å². The van der Waals surface area contributed by atoms with Gasteiger partial charge in [0.25, 0.3) is 0 Å². The van der Waals surface area contributed by atoms with Crippen LogP contribution in [0.15, 0.2) is 83.9 Å². The molecule has 0 bridgehead atoms. The van der Waals surface area contributed by atoms with E-state index in [9.17, 15) is 0 Å². The fraction of sp³-hybridized carbons (Fsp3) is 0.263. The van der Waals surface area contributed by atoms with E-state index in [1.165, 1.54) is 77.9 Å². The van der Waals surface area contributed by atoms with Crippen molar-refractivity contribution in [2.75, 3.05) is 0 Å². The third-order valence-electron chi connectivity index (χ3n) is 9.11. The molecule has 0 spiro atoms. The summed E-state index contributed by atoms with van der Waals surface area (Å²) in [5.74, 6) is 0. The van der Waals surface area contributed by atoms with E-state index in [4.69, 9.17) is 0 Å². The van der Waals surface area contributed by atoms with Gasteiger partial charge in [0, 0.05) is 11.1 Å². The molecular formula is C38H40Si. The van der Waals surface area contributed by atoms with Crippen molar-refractivity contribution >= 4 is 20.2 Å². The van der Waals surface area contributed by atoms with E-state index in [0.29, 0.717) is 11.1 Å². The number of hydrogen-bond donors (Lipinski definition) is 0. The molecule has 0 amide bonds. The van der Waals surface area contributed by atoms with Gasteiger partial charge in [0.1, 0.15) is 0 Å². The lowest BCUT2D eigenvalue weighted by Gasteiger charge is -2.39. The summed E-state index contributed by atoms with van der Waals surface area (Å²) >= 11 is 0. The highest BCUT2D eigenvalue weighted by atomic mass is 28.3. The van der Waals surface area contributed by atoms with E-state index in [1.807, 2.05) is 0 Å². The SMILES string of the molecule is CC1=Cc2c(-c3cc(C)cc(C)c3)cccc2C1[Si](C)(C)C1C(C)=Cc2c(-c3cc(C)cc(C)c3)cccc21. The Morgan fingerprint density at radius 1 is 0.487 bits per heavy atom. The van der Waals surface area contributed by atoms with E-state index in [-0.39, 0.29) is 0 Å². The molecule has 2 aliphatic rings. The van der Waals surface area contributed by atoms with Crippen molar-refractivity contribution in [1.82, 2.24) is 0 Å². The molecule has 2 aliphatic carbocycles. The molecule has 0 nitrogen and oxygen atoms in total. The third-order valence-corrected chi connectivity index (χ3v) is 13.6. The molecule has 1 heteroatoms. The fourth-order valence-corrected chi connectivity index (χ4v) is 13.0. The largest absolute Gasteiger partial charge is 0.0722 e. The summed E-state index contributed by atoms with van der Waals surface area (Å²) in [4.78, 5) is 0. The first-order valence-electron chi connectivity index (χ1n) is 14.3. The Balaban J connectivity index is 1.45. The van der Waals surface area contributed by atoms with E-state index in [0.717, 1.165) is 0 Å². The Bertz CT molecular complexity index is 1530. The maximum Gasteiger partial charge on any atom is 0.0722 e. The quantitative estimate of drug-likeness (QED) is 0.233. The molecular weight excluding hydrogens is 485 g/mol. The zero-order valence-electron chi connectivity index (χ0n) is 24.7. The number of rotatable bonds is 4. The molecule has 4 aromatic rings. The number of allylic oxidation sites excluding steroid dienone is 2. The molecule has 4 aromatic carbocycles. The highest BCUT2D eigenvalue weighted by Gasteiger charge is 2.47. The molecule has 6 rings (SSSR count). The summed E-state index contributed by atoms with van der Waals surface area (Å²) in [5.41, 5.74) is 20.8. The number of aryl methyl sites for hydroxylation is 4. The summed E-state index contributed by atoms with van der Waals surface area (Å²) in [7, 11) is -1.89. The van der Waals surface area contributed by atoms with Crippen molar-refractivity contribution < 1.29 is 0 Å². The van der Waals surface area contributed by atoms with Crippen molar-refractivity contribution in [2.45, 2.75) is 65.7 Å². The van der Waals surface area contributed by atoms with Gasteiger partial charge in [-0.05, 0) is 86.1 Å². The lowest BCUT2D eigenvalue weighted by atomic mass is 9.94. The second-order valence-electron chi connectivity index (χ2n) is 12.8. The monoisotopic (exact) mass is 524 g/mol. The molecule has 0 saturated heterocycles. The zero-order chi connectivity index (χ0) is 27.6. The molecule has 2 atom stereocenters. The van der Waals surface area contributed by atoms with Gasteiger partial charge in [0.15, 0.2) is 0 Å². The number of fused-ring (bicyclic) bond motifs is 2. The molecule has 0 aliphatic heterocycles. The van der Waals surface area contributed by atoms with Crippen LogP contribution in [0.3, 0.4) is 0 Å². The van der Waals surface area contributed by atoms with Gasteiger partial charge < -0.3 is 0 Å². The van der Waals surface area contributed by atoms with Crippen LogP contribution in [0.2, 0.25) is 13.1 Å². The highest BCUT2D eigenvalue weighted by Crippen LogP contribution is 2.54. The summed E-state index contributed by atoms with van der Waals surface area (Å²) in [6.45, 7) is 18.9. The van der Waals surface area contributed by atoms with Crippen molar-refractivity contribution in [2.24, 2.45) is 0 Å². The topological polar surface area (TPSA) is 0 Å². The standard InChI is InChI=1S/C38H40Si/c1-23-15-24(2)18-29(17-23)31-11-9-13-33-35(31)21-27(5)37(33)39(7,8)38-28(6)22-36-32(12-10-14-34(36)38)30-19-25(3)16-26(4)20-30/h9-22,37-38H,1-8H3. The highest BCUT2D eigenvalue weighted by molar-refractivity contribution is 6.81. The average Bonchev–Trinajstić information content (AvgIpc) is 3.38. The minimum absolute atomic E-state index is 0.502. The Morgan fingerprint density at radius 3 is 1.21 bits per heavy atom. The van der Waals surface area contributed by atoms with Crippen molar-refractivity contribution in [1.29, 1.82) is 0 Å². The van der Waals surface area contributed by atoms with E-state index < -0.39 is 8.07 Å². The first-order chi connectivity index (χ1) is 18.5. The summed E-state index contributed by atoms with van der Waals surface area (Å²) in [5, 5.41) is 0. The van der Waals surface area contributed by atoms with Gasteiger partial charge in [-0.3, -0.25) is 0 Å². The van der Waals surface area contributed by atoms with Gasteiger partial charge in [0.2, 0.25) is 0 Å². The van der Waals surface area contributed by atoms with Gasteiger partial charge in [-0.15, -0.1) is 0 Å². The minimum Gasteiger partial charge on any atom is -0.0679 e. The van der Waals surface area contributed by atoms with E-state index in [1.54, 1.807) is 0 Å². The first kappa shape index (κ1) is 25.8. The van der Waals surface area contributed by atoms with Crippen LogP contribution in [0.25, 0.3) is 34.4 Å². The van der Waals surface area contributed by atoms with Crippen LogP contribution in [0.1, 0.15) is 69.4 Å². The molecule has 196 valence electrons. The number of hydrogen-bond acceptors (Lipinski definition) is 0. The molecule has 0 radical (unpaired) electrons. The summed E-state index contributed by atoms with van der Waals surface area (Å²) < 4.78 is 0. The molecule has 0 N–H and O–H groups in total. The average molecular weight is 525 g/mol. The van der Waals surface area contributed by atoms with Crippen LogP contribution in [-0.4, -0.2) is 8.07 Å². The number of benzene rings is 4. The Hall–Kier alpha value is -3.42. The molecule has 2 unspecified atom stereocenters. The lowest BCUT2D eigenvalue weighted by molar-refractivity contribution is 0.968. The molecule has 0 saturated carbocycles. The Labute approximate surface area is 236 Å². The van der Waals surface area contributed by atoms with Crippen LogP contribution in [-0.2, 0) is 0 Å². The maximum atomic E-state index is 2.63. The predicted octanol–water partition coefficient (Wildman–Crippen LogP) is 10.7. The molecule has 39 heavy (non-hydrogen) atoms. The van der Waals surface area contributed by atoms with Crippen molar-refractivity contribution in [3.05, 3.63) is 128 Å². The Kier molecular flexibility index (Phi) is 6.19. The predicted molar refractivity (Wildman–Crippen MR) is 173 cm³/mol. The van der Waals surface area contributed by atoms with Crippen LogP contribution in [0.4, 0.5) is 0 Å². The second-order valence-corrected chi connectivity index (χ2v) is 17.6. The van der Waals surface area contributed by atoms with E-state index >= 15 is 0 Å². The van der Waals surface area contributed by atoms with Crippen LogP contribution in [0.5, 0.6) is 0 Å². The van der Waals surface area contributed by atoms with E-state index in [2.05, 4.69) is 140 Å². The lowest BCUT2D eigenvalue weighted by Crippen LogP contribution is -2.42. The van der Waals surface area contributed by atoms with Crippen LogP contribution < -0.4 is 0 Å². The molecule has 0 aromatic heterocycles. The van der Waals surface area contributed by atoms with Crippen molar-refractivity contribution in [3.8, 4) is 22.3 Å².